The van der Waals surface area contributed by atoms with Gasteiger partial charge in [-0.25, -0.2) is 0 Å². The zero-order chi connectivity index (χ0) is 17.4. The molecule has 4 N–H and O–H groups in total. The van der Waals surface area contributed by atoms with Crippen molar-refractivity contribution in [2.75, 3.05) is 26.2 Å². The van der Waals surface area contributed by atoms with Crippen molar-refractivity contribution >= 4 is 0 Å². The maximum Gasteiger partial charge on any atom is 0.0181 e. The molecule has 1 atom stereocenters. The number of rotatable bonds is 17. The van der Waals surface area contributed by atoms with E-state index in [0.29, 0.717) is 5.54 Å². The fourth-order valence-corrected chi connectivity index (χ4v) is 3.52. The van der Waals surface area contributed by atoms with E-state index in [1.54, 1.807) is 0 Å². The highest BCUT2D eigenvalue weighted by Gasteiger charge is 2.29. The Balaban J connectivity index is 4.64. The van der Waals surface area contributed by atoms with Crippen LogP contribution in [0, 0.1) is 0 Å². The maximum atomic E-state index is 5.77. The molecule has 0 aliphatic heterocycles. The van der Waals surface area contributed by atoms with Crippen LogP contribution in [-0.4, -0.2) is 36.6 Å². The van der Waals surface area contributed by atoms with Crippen molar-refractivity contribution in [3.63, 3.8) is 0 Å². The summed E-state index contributed by atoms with van der Waals surface area (Å²) >= 11 is 0. The lowest BCUT2D eigenvalue weighted by Gasteiger charge is -2.42. The van der Waals surface area contributed by atoms with Crippen molar-refractivity contribution in [2.45, 2.75) is 103 Å². The molecule has 0 heterocycles. The van der Waals surface area contributed by atoms with Crippen molar-refractivity contribution in [1.29, 1.82) is 0 Å². The van der Waals surface area contributed by atoms with Gasteiger partial charge in [0, 0.05) is 5.54 Å². The van der Waals surface area contributed by atoms with Gasteiger partial charge in [-0.05, 0) is 58.8 Å². The Hall–Kier alpha value is -0.120. The van der Waals surface area contributed by atoms with E-state index < -0.39 is 0 Å². The second kappa shape index (κ2) is 15.4. The van der Waals surface area contributed by atoms with E-state index in [9.17, 15) is 0 Å². The third-order valence-electron chi connectivity index (χ3n) is 5.17. The summed E-state index contributed by atoms with van der Waals surface area (Å²) < 4.78 is 0. The van der Waals surface area contributed by atoms with Crippen LogP contribution in [0.5, 0.6) is 0 Å². The monoisotopic (exact) mass is 327 g/mol. The van der Waals surface area contributed by atoms with Gasteiger partial charge in [0.1, 0.15) is 0 Å². The Bertz CT molecular complexity index is 237. The van der Waals surface area contributed by atoms with Crippen LogP contribution in [0.25, 0.3) is 0 Å². The van der Waals surface area contributed by atoms with Crippen molar-refractivity contribution in [3.05, 3.63) is 0 Å². The third kappa shape index (κ3) is 11.1. The van der Waals surface area contributed by atoms with Gasteiger partial charge >= 0.3 is 0 Å². The second-order valence-corrected chi connectivity index (χ2v) is 7.39. The van der Waals surface area contributed by atoms with E-state index in [4.69, 9.17) is 11.5 Å². The summed E-state index contributed by atoms with van der Waals surface area (Å²) in [6.07, 6.45) is 15.7. The molecule has 3 heteroatoms. The van der Waals surface area contributed by atoms with Crippen LogP contribution in [0.15, 0.2) is 0 Å². The van der Waals surface area contributed by atoms with Gasteiger partial charge in [-0.3, -0.25) is 4.90 Å². The molecule has 0 aliphatic rings. The first-order chi connectivity index (χ1) is 11.1. The zero-order valence-electron chi connectivity index (χ0n) is 16.4. The van der Waals surface area contributed by atoms with E-state index in [-0.39, 0.29) is 0 Å². The van der Waals surface area contributed by atoms with E-state index in [1.165, 1.54) is 64.2 Å². The van der Waals surface area contributed by atoms with Gasteiger partial charge in [0.15, 0.2) is 0 Å². The molecule has 0 radical (unpaired) electrons. The van der Waals surface area contributed by atoms with Crippen LogP contribution in [0.2, 0.25) is 0 Å². The second-order valence-electron chi connectivity index (χ2n) is 7.39. The van der Waals surface area contributed by atoms with E-state index in [0.717, 1.165) is 39.0 Å². The molecule has 0 aromatic rings. The summed E-state index contributed by atoms with van der Waals surface area (Å²) in [6.45, 7) is 10.9. The average molecular weight is 328 g/mol. The van der Waals surface area contributed by atoms with Crippen molar-refractivity contribution in [3.8, 4) is 0 Å². The van der Waals surface area contributed by atoms with Crippen molar-refractivity contribution < 1.29 is 0 Å². The van der Waals surface area contributed by atoms with Gasteiger partial charge in [0.25, 0.3) is 0 Å². The molecule has 23 heavy (non-hydrogen) atoms. The molecule has 0 fully saturated rings. The zero-order valence-corrected chi connectivity index (χ0v) is 16.4. The molecule has 0 aromatic carbocycles. The summed E-state index contributed by atoms with van der Waals surface area (Å²) in [5, 5.41) is 0. The van der Waals surface area contributed by atoms with Crippen LogP contribution in [0.3, 0.4) is 0 Å². The topological polar surface area (TPSA) is 55.3 Å². The lowest BCUT2D eigenvalue weighted by molar-refractivity contribution is 0.0782. The third-order valence-corrected chi connectivity index (χ3v) is 5.17. The Morgan fingerprint density at radius 1 is 0.652 bits per heavy atom. The number of nitrogens with two attached hydrogens (primary N) is 2. The molecular weight excluding hydrogens is 282 g/mol. The van der Waals surface area contributed by atoms with Crippen molar-refractivity contribution in [1.82, 2.24) is 4.90 Å². The van der Waals surface area contributed by atoms with E-state index in [2.05, 4.69) is 25.7 Å². The van der Waals surface area contributed by atoms with Crippen LogP contribution < -0.4 is 11.5 Å². The first-order valence-corrected chi connectivity index (χ1v) is 10.3. The minimum absolute atomic E-state index is 0.339. The highest BCUT2D eigenvalue weighted by Crippen LogP contribution is 2.29. The number of hydrogen-bond acceptors (Lipinski definition) is 3. The van der Waals surface area contributed by atoms with Crippen LogP contribution in [0.1, 0.15) is 97.8 Å². The highest BCUT2D eigenvalue weighted by molar-refractivity contribution is 4.86. The predicted molar refractivity (Wildman–Crippen MR) is 105 cm³/mol. The molecule has 1 unspecified atom stereocenters. The maximum absolute atomic E-state index is 5.77. The molecule has 0 rings (SSSR count). The van der Waals surface area contributed by atoms with E-state index in [1.807, 2.05) is 0 Å². The minimum atomic E-state index is 0.339. The fourth-order valence-electron chi connectivity index (χ4n) is 3.52. The van der Waals surface area contributed by atoms with Gasteiger partial charge in [-0.2, -0.15) is 0 Å². The average Bonchev–Trinajstić information content (AvgIpc) is 2.55. The summed E-state index contributed by atoms with van der Waals surface area (Å²) in [7, 11) is 0. The molecule has 0 aromatic heterocycles. The van der Waals surface area contributed by atoms with Gasteiger partial charge < -0.3 is 11.5 Å². The first kappa shape index (κ1) is 22.9. The van der Waals surface area contributed by atoms with Crippen LogP contribution in [0.4, 0.5) is 0 Å². The SMILES string of the molecule is CCCCCCCC(C)(CCCCC)N(CCCN)CCCN. The minimum Gasteiger partial charge on any atom is -0.330 e. The molecule has 0 aliphatic carbocycles. The lowest BCUT2D eigenvalue weighted by Crippen LogP contribution is -2.48. The summed E-state index contributed by atoms with van der Waals surface area (Å²) in [5.74, 6) is 0. The van der Waals surface area contributed by atoms with Gasteiger partial charge in [0.2, 0.25) is 0 Å². The van der Waals surface area contributed by atoms with Gasteiger partial charge in [-0.1, -0.05) is 65.2 Å². The molecule has 0 saturated carbocycles. The normalized spacial score (nSPS) is 14.3. The molecule has 0 spiro atoms. The van der Waals surface area contributed by atoms with Gasteiger partial charge in [-0.15, -0.1) is 0 Å². The van der Waals surface area contributed by atoms with E-state index >= 15 is 0 Å². The molecule has 0 amide bonds. The molecule has 0 saturated heterocycles. The van der Waals surface area contributed by atoms with Crippen LogP contribution >= 0.6 is 0 Å². The van der Waals surface area contributed by atoms with Crippen molar-refractivity contribution in [2.24, 2.45) is 11.5 Å². The Morgan fingerprint density at radius 3 is 1.57 bits per heavy atom. The molecule has 0 bridgehead atoms. The number of unbranched alkanes of at least 4 members (excludes halogenated alkanes) is 6. The number of hydrogen-bond donors (Lipinski definition) is 2. The first-order valence-electron chi connectivity index (χ1n) is 10.3. The molecule has 140 valence electrons. The lowest BCUT2D eigenvalue weighted by atomic mass is 9.86. The molecule has 3 nitrogen and oxygen atoms in total. The summed E-state index contributed by atoms with van der Waals surface area (Å²) in [5.41, 5.74) is 11.9. The largest absolute Gasteiger partial charge is 0.330 e. The van der Waals surface area contributed by atoms with Crippen LogP contribution in [-0.2, 0) is 0 Å². The quantitative estimate of drug-likeness (QED) is 0.381. The fraction of sp³-hybridized carbons (Fsp3) is 1.00. The highest BCUT2D eigenvalue weighted by atomic mass is 15.2. The Kier molecular flexibility index (Phi) is 15.3. The summed E-state index contributed by atoms with van der Waals surface area (Å²) in [4.78, 5) is 2.71. The van der Waals surface area contributed by atoms with Gasteiger partial charge in [0.05, 0.1) is 0 Å². The Morgan fingerprint density at radius 2 is 1.09 bits per heavy atom. The predicted octanol–water partition coefficient (Wildman–Crippen LogP) is 4.69. The standard InChI is InChI=1S/C20H45N3/c1-4-6-8-9-11-15-20(3,14-10-7-5-2)23(18-12-16-21)19-13-17-22/h4-19,21-22H2,1-3H3. The number of nitrogens with zero attached hydrogens (tertiary/aromatic N) is 1. The molecular formula is C20H45N3. The summed E-state index contributed by atoms with van der Waals surface area (Å²) in [6, 6.07) is 0. The smallest absolute Gasteiger partial charge is 0.0181 e. The Labute approximate surface area is 146 Å².